The van der Waals surface area contributed by atoms with Gasteiger partial charge in [-0.2, -0.15) is 0 Å². The van der Waals surface area contributed by atoms with Crippen molar-refractivity contribution in [1.29, 1.82) is 0 Å². The molecule has 230 valence electrons. The molecule has 43 heavy (non-hydrogen) atoms. The van der Waals surface area contributed by atoms with E-state index >= 15 is 0 Å². The minimum atomic E-state index is -0.450. The topological polar surface area (TPSA) is 102 Å². The summed E-state index contributed by atoms with van der Waals surface area (Å²) < 4.78 is 23.2. The van der Waals surface area contributed by atoms with Crippen LogP contribution in [0, 0.1) is 5.92 Å². The summed E-state index contributed by atoms with van der Waals surface area (Å²) in [5.74, 6) is 1.70. The molecule has 1 aliphatic rings. The number of para-hydroxylation sites is 3. The standard InChI is InChI=1S/C33H42N4O6/c1-22-18-37(19-24-11-7-9-13-28(24)40-4)23(2)21-43-30-17-25(15-16-26(30)32(38)36(3)20-31(22)42-6)34-33(39)35-27-12-8-10-14-29(27)41-5/h7-17,22-23,31H,18-21H2,1-6H3,(H2,34,35,39)/t22-,23-,31-/m1/s1. The first kappa shape index (κ1) is 31.7. The molecular formula is C33H42N4O6. The van der Waals surface area contributed by atoms with Crippen molar-refractivity contribution in [2.24, 2.45) is 5.92 Å². The summed E-state index contributed by atoms with van der Waals surface area (Å²) in [6, 6.07) is 19.7. The number of hydrogen-bond donors (Lipinski definition) is 2. The SMILES string of the molecule is COc1ccccc1CN1C[C@@H](C)[C@H](OC)CN(C)C(=O)c2ccc(NC(=O)Nc3ccccc3OC)cc2OC[C@H]1C. The van der Waals surface area contributed by atoms with Crippen LogP contribution in [0.1, 0.15) is 29.8 Å². The Balaban J connectivity index is 1.61. The minimum Gasteiger partial charge on any atom is -0.496 e. The fourth-order valence-electron chi connectivity index (χ4n) is 5.23. The van der Waals surface area contributed by atoms with E-state index in [1.807, 2.05) is 30.3 Å². The highest BCUT2D eigenvalue weighted by atomic mass is 16.5. The normalized spacial score (nSPS) is 19.7. The van der Waals surface area contributed by atoms with E-state index in [1.165, 1.54) is 0 Å². The van der Waals surface area contributed by atoms with E-state index in [0.717, 1.165) is 17.9 Å². The van der Waals surface area contributed by atoms with Crippen LogP contribution in [0.25, 0.3) is 0 Å². The van der Waals surface area contributed by atoms with Crippen LogP contribution < -0.4 is 24.8 Å². The lowest BCUT2D eigenvalue weighted by atomic mass is 10.0. The van der Waals surface area contributed by atoms with Crippen molar-refractivity contribution < 1.29 is 28.5 Å². The van der Waals surface area contributed by atoms with Gasteiger partial charge in [0, 0.05) is 57.2 Å². The zero-order chi connectivity index (χ0) is 30.9. The third-order valence-corrected chi connectivity index (χ3v) is 7.75. The molecular weight excluding hydrogens is 548 g/mol. The summed E-state index contributed by atoms with van der Waals surface area (Å²) in [5, 5.41) is 5.64. The second kappa shape index (κ2) is 14.8. The molecule has 0 radical (unpaired) electrons. The zero-order valence-corrected chi connectivity index (χ0v) is 25.8. The number of rotatable bonds is 7. The molecule has 3 amide bonds. The Morgan fingerprint density at radius 1 is 0.930 bits per heavy atom. The van der Waals surface area contributed by atoms with E-state index in [2.05, 4.69) is 35.4 Å². The van der Waals surface area contributed by atoms with Crippen molar-refractivity contribution in [3.8, 4) is 17.2 Å². The molecule has 0 saturated heterocycles. The van der Waals surface area contributed by atoms with E-state index < -0.39 is 6.03 Å². The van der Waals surface area contributed by atoms with E-state index in [4.69, 9.17) is 18.9 Å². The lowest BCUT2D eigenvalue weighted by molar-refractivity contribution is 0.00911. The van der Waals surface area contributed by atoms with E-state index in [1.54, 1.807) is 63.6 Å². The van der Waals surface area contributed by atoms with Crippen molar-refractivity contribution in [2.75, 3.05) is 58.7 Å². The average Bonchev–Trinajstić information content (AvgIpc) is 3.01. The van der Waals surface area contributed by atoms with Gasteiger partial charge >= 0.3 is 6.03 Å². The van der Waals surface area contributed by atoms with Gasteiger partial charge in [0.15, 0.2) is 0 Å². The Kier molecular flexibility index (Phi) is 10.9. The van der Waals surface area contributed by atoms with Crippen LogP contribution >= 0.6 is 0 Å². The molecule has 0 aromatic heterocycles. The van der Waals surface area contributed by atoms with Crippen LogP contribution in [-0.2, 0) is 11.3 Å². The molecule has 0 bridgehead atoms. The first-order valence-corrected chi connectivity index (χ1v) is 14.4. The first-order valence-electron chi connectivity index (χ1n) is 14.4. The smallest absolute Gasteiger partial charge is 0.323 e. The van der Waals surface area contributed by atoms with Crippen LogP contribution in [0.2, 0.25) is 0 Å². The summed E-state index contributed by atoms with van der Waals surface area (Å²) >= 11 is 0. The molecule has 0 unspecified atom stereocenters. The maximum Gasteiger partial charge on any atom is 0.323 e. The van der Waals surface area contributed by atoms with E-state index in [9.17, 15) is 9.59 Å². The number of amides is 3. The van der Waals surface area contributed by atoms with E-state index in [-0.39, 0.29) is 24.0 Å². The number of methoxy groups -OCH3 is 3. The van der Waals surface area contributed by atoms with Crippen LogP contribution in [0.3, 0.4) is 0 Å². The molecule has 10 heteroatoms. The Bertz CT molecular complexity index is 1400. The highest BCUT2D eigenvalue weighted by Crippen LogP contribution is 2.29. The van der Waals surface area contributed by atoms with Gasteiger partial charge in [0.05, 0.1) is 31.6 Å². The fourth-order valence-corrected chi connectivity index (χ4v) is 5.23. The fraction of sp³-hybridized carbons (Fsp3) is 0.394. The number of likely N-dealkylation sites (N-methyl/N-ethyl adjacent to an activating group) is 1. The average molecular weight is 591 g/mol. The van der Waals surface area contributed by atoms with Crippen molar-refractivity contribution in [2.45, 2.75) is 32.5 Å². The lowest BCUT2D eigenvalue weighted by Crippen LogP contribution is -2.46. The molecule has 1 aliphatic heterocycles. The highest BCUT2D eigenvalue weighted by molar-refractivity contribution is 6.02. The van der Waals surface area contributed by atoms with Gasteiger partial charge in [-0.05, 0) is 43.2 Å². The highest BCUT2D eigenvalue weighted by Gasteiger charge is 2.29. The third kappa shape index (κ3) is 7.97. The monoisotopic (exact) mass is 590 g/mol. The van der Waals surface area contributed by atoms with Crippen molar-refractivity contribution >= 4 is 23.3 Å². The number of urea groups is 1. The number of benzene rings is 3. The number of ether oxygens (including phenoxy) is 4. The van der Waals surface area contributed by atoms with Gasteiger partial charge in [-0.25, -0.2) is 4.79 Å². The Hall–Kier alpha value is -4.28. The van der Waals surface area contributed by atoms with Gasteiger partial charge in [0.1, 0.15) is 23.9 Å². The first-order chi connectivity index (χ1) is 20.7. The van der Waals surface area contributed by atoms with Gasteiger partial charge in [-0.1, -0.05) is 37.3 Å². The van der Waals surface area contributed by atoms with Gasteiger partial charge in [-0.3, -0.25) is 9.69 Å². The molecule has 0 saturated carbocycles. The molecule has 0 aliphatic carbocycles. The number of nitrogens with one attached hydrogen (secondary N) is 2. The maximum atomic E-state index is 13.6. The molecule has 3 atom stereocenters. The zero-order valence-electron chi connectivity index (χ0n) is 25.8. The number of hydrogen-bond acceptors (Lipinski definition) is 7. The number of carbonyl (C=O) groups is 2. The molecule has 0 spiro atoms. The maximum absolute atomic E-state index is 13.6. The predicted octanol–water partition coefficient (Wildman–Crippen LogP) is 5.35. The Morgan fingerprint density at radius 2 is 1.63 bits per heavy atom. The van der Waals surface area contributed by atoms with E-state index in [0.29, 0.717) is 48.1 Å². The van der Waals surface area contributed by atoms with Crippen molar-refractivity contribution in [3.63, 3.8) is 0 Å². The molecule has 3 aromatic carbocycles. The Labute approximate surface area is 253 Å². The number of fused-ring (bicyclic) bond motifs is 1. The van der Waals surface area contributed by atoms with Crippen LogP contribution in [0.15, 0.2) is 66.7 Å². The number of carbonyl (C=O) groups excluding carboxylic acids is 2. The summed E-state index contributed by atoms with van der Waals surface area (Å²) in [4.78, 5) is 30.4. The predicted molar refractivity (Wildman–Crippen MR) is 167 cm³/mol. The lowest BCUT2D eigenvalue weighted by Gasteiger charge is -2.36. The van der Waals surface area contributed by atoms with Gasteiger partial charge < -0.3 is 34.5 Å². The van der Waals surface area contributed by atoms with Gasteiger partial charge in [0.2, 0.25) is 0 Å². The number of anilines is 2. The van der Waals surface area contributed by atoms with Crippen LogP contribution in [-0.4, -0.2) is 82.0 Å². The molecule has 1 heterocycles. The summed E-state index contributed by atoms with van der Waals surface area (Å²) in [6.45, 7) is 6.35. The van der Waals surface area contributed by atoms with Crippen molar-refractivity contribution in [1.82, 2.24) is 9.80 Å². The van der Waals surface area contributed by atoms with Crippen LogP contribution in [0.4, 0.5) is 16.2 Å². The van der Waals surface area contributed by atoms with Crippen molar-refractivity contribution in [3.05, 3.63) is 77.9 Å². The molecule has 4 rings (SSSR count). The van der Waals surface area contributed by atoms with Gasteiger partial charge in [0.25, 0.3) is 5.91 Å². The third-order valence-electron chi connectivity index (χ3n) is 7.75. The molecule has 0 fully saturated rings. The molecule has 2 N–H and O–H groups in total. The second-order valence-electron chi connectivity index (χ2n) is 10.8. The van der Waals surface area contributed by atoms with Gasteiger partial charge in [-0.15, -0.1) is 0 Å². The minimum absolute atomic E-state index is 0.0181. The second-order valence-corrected chi connectivity index (χ2v) is 10.8. The quantitative estimate of drug-likeness (QED) is 0.382. The summed E-state index contributed by atoms with van der Waals surface area (Å²) in [7, 11) is 6.67. The largest absolute Gasteiger partial charge is 0.496 e. The summed E-state index contributed by atoms with van der Waals surface area (Å²) in [6.07, 6.45) is -0.176. The number of nitrogens with zero attached hydrogens (tertiary/aromatic N) is 2. The summed E-state index contributed by atoms with van der Waals surface area (Å²) in [5.41, 5.74) is 2.50. The molecule has 10 nitrogen and oxygen atoms in total. The molecule has 3 aromatic rings. The Morgan fingerprint density at radius 3 is 2.35 bits per heavy atom. The van der Waals surface area contributed by atoms with Crippen LogP contribution in [0.5, 0.6) is 17.2 Å².